The fraction of sp³-hybridized carbons (Fsp3) is 0.333. The minimum atomic E-state index is -0.269. The average Bonchev–Trinajstić information content (AvgIpc) is 3.28. The molecule has 1 saturated heterocycles. The number of carbonyl (C=O) groups excluding carboxylic acids is 2. The Balaban J connectivity index is 1.66. The lowest BCUT2D eigenvalue weighted by Crippen LogP contribution is -2.50. The van der Waals surface area contributed by atoms with Gasteiger partial charge in [0.15, 0.2) is 0 Å². The van der Waals surface area contributed by atoms with Gasteiger partial charge in [-0.15, -0.1) is 11.3 Å². The molecule has 2 aromatic carbocycles. The molecule has 35 heavy (non-hydrogen) atoms. The van der Waals surface area contributed by atoms with Crippen molar-refractivity contribution in [3.63, 3.8) is 0 Å². The predicted octanol–water partition coefficient (Wildman–Crippen LogP) is 6.08. The van der Waals surface area contributed by atoms with Gasteiger partial charge in [0.25, 0.3) is 5.91 Å². The molecule has 1 N–H and O–H groups in total. The zero-order chi connectivity index (χ0) is 24.8. The predicted molar refractivity (Wildman–Crippen MR) is 142 cm³/mol. The summed E-state index contributed by atoms with van der Waals surface area (Å²) in [5.41, 5.74) is 2.77. The van der Waals surface area contributed by atoms with Crippen molar-refractivity contribution in [3.05, 3.63) is 87.3 Å². The first-order valence-corrected chi connectivity index (χ1v) is 13.1. The van der Waals surface area contributed by atoms with E-state index < -0.39 is 0 Å². The Labute approximate surface area is 215 Å². The van der Waals surface area contributed by atoms with Gasteiger partial charge >= 0.3 is 6.09 Å². The molecule has 0 spiro atoms. The van der Waals surface area contributed by atoms with E-state index in [9.17, 15) is 9.59 Å². The summed E-state index contributed by atoms with van der Waals surface area (Å²) in [6, 6.07) is 19.2. The first kappa shape index (κ1) is 25.2. The van der Waals surface area contributed by atoms with Crippen molar-refractivity contribution in [1.29, 1.82) is 0 Å². The van der Waals surface area contributed by atoms with E-state index >= 15 is 0 Å². The summed E-state index contributed by atoms with van der Waals surface area (Å²) in [6.07, 6.45) is 0.609. The summed E-state index contributed by atoms with van der Waals surface area (Å²) in [6.45, 7) is 6.85. The maximum atomic E-state index is 13.0. The van der Waals surface area contributed by atoms with Crippen LogP contribution in [-0.2, 0) is 11.2 Å². The third kappa shape index (κ3) is 6.04. The van der Waals surface area contributed by atoms with Gasteiger partial charge in [0.05, 0.1) is 12.6 Å². The van der Waals surface area contributed by atoms with Crippen LogP contribution in [0.5, 0.6) is 0 Å². The highest BCUT2D eigenvalue weighted by atomic mass is 35.5. The molecule has 0 radical (unpaired) electrons. The molecule has 1 aliphatic rings. The highest BCUT2D eigenvalue weighted by Gasteiger charge is 2.31. The van der Waals surface area contributed by atoms with Crippen LogP contribution in [0, 0.1) is 0 Å². The maximum Gasteiger partial charge on any atom is 0.409 e. The number of hydrogen-bond acceptors (Lipinski definition) is 5. The molecule has 2 heterocycles. The molecule has 4 rings (SSSR count). The molecule has 0 saturated carbocycles. The number of ether oxygens (including phenoxy) is 1. The molecule has 0 aliphatic carbocycles. The van der Waals surface area contributed by atoms with Gasteiger partial charge in [-0.05, 0) is 49.2 Å². The van der Waals surface area contributed by atoms with E-state index in [2.05, 4.69) is 23.2 Å². The number of amides is 2. The van der Waals surface area contributed by atoms with Crippen LogP contribution in [0.3, 0.4) is 0 Å². The van der Waals surface area contributed by atoms with Gasteiger partial charge in [0, 0.05) is 47.2 Å². The summed E-state index contributed by atoms with van der Waals surface area (Å²) in [7, 11) is 0. The third-order valence-corrected chi connectivity index (χ3v) is 7.57. The van der Waals surface area contributed by atoms with Gasteiger partial charge < -0.3 is 15.0 Å². The molecule has 1 aromatic heterocycles. The highest BCUT2D eigenvalue weighted by molar-refractivity contribution is 7.16. The molecular formula is C27H30ClN3O3S. The number of piperazine rings is 1. The van der Waals surface area contributed by atoms with Gasteiger partial charge in [-0.3, -0.25) is 9.69 Å². The molecule has 1 unspecified atom stereocenters. The van der Waals surface area contributed by atoms with E-state index in [-0.39, 0.29) is 18.0 Å². The zero-order valence-corrected chi connectivity index (χ0v) is 21.6. The summed E-state index contributed by atoms with van der Waals surface area (Å²) in [5.74, 6) is -0.127. The summed E-state index contributed by atoms with van der Waals surface area (Å²) in [5, 5.41) is 4.70. The van der Waals surface area contributed by atoms with Gasteiger partial charge in [-0.1, -0.05) is 48.9 Å². The van der Waals surface area contributed by atoms with Gasteiger partial charge in [-0.2, -0.15) is 0 Å². The van der Waals surface area contributed by atoms with Crippen LogP contribution in [-0.4, -0.2) is 54.6 Å². The number of rotatable bonds is 7. The van der Waals surface area contributed by atoms with Crippen LogP contribution in [0.25, 0.3) is 0 Å². The first-order valence-electron chi connectivity index (χ1n) is 11.9. The van der Waals surface area contributed by atoms with E-state index in [4.69, 9.17) is 16.3 Å². The highest BCUT2D eigenvalue weighted by Crippen LogP contribution is 2.40. The van der Waals surface area contributed by atoms with Crippen molar-refractivity contribution in [3.8, 4) is 0 Å². The number of hydrogen-bond donors (Lipinski definition) is 1. The molecule has 1 fully saturated rings. The van der Waals surface area contributed by atoms with Crippen LogP contribution < -0.4 is 5.32 Å². The number of aryl methyl sites for hydroxylation is 1. The summed E-state index contributed by atoms with van der Waals surface area (Å²) in [4.78, 5) is 30.6. The Bertz CT molecular complexity index is 1140. The van der Waals surface area contributed by atoms with Gasteiger partial charge in [0.2, 0.25) is 0 Å². The molecule has 6 nitrogen and oxygen atoms in total. The number of nitrogens with zero attached hydrogens (tertiary/aromatic N) is 2. The third-order valence-electron chi connectivity index (χ3n) is 6.11. The minimum absolute atomic E-state index is 0.0840. The summed E-state index contributed by atoms with van der Waals surface area (Å²) >= 11 is 7.82. The topological polar surface area (TPSA) is 61.9 Å². The molecule has 2 amide bonds. The van der Waals surface area contributed by atoms with E-state index in [1.165, 1.54) is 4.88 Å². The van der Waals surface area contributed by atoms with Crippen molar-refractivity contribution < 1.29 is 14.3 Å². The second-order valence-corrected chi connectivity index (χ2v) is 9.92. The largest absolute Gasteiger partial charge is 0.450 e. The Morgan fingerprint density at radius 2 is 1.71 bits per heavy atom. The Kier molecular flexibility index (Phi) is 8.44. The van der Waals surface area contributed by atoms with Crippen molar-refractivity contribution in [2.45, 2.75) is 26.3 Å². The van der Waals surface area contributed by atoms with Crippen LogP contribution in [0.15, 0.2) is 60.7 Å². The van der Waals surface area contributed by atoms with Crippen LogP contribution in [0.1, 0.15) is 46.3 Å². The second kappa shape index (κ2) is 11.7. The Morgan fingerprint density at radius 3 is 2.34 bits per heavy atom. The van der Waals surface area contributed by atoms with Crippen LogP contribution in [0.4, 0.5) is 9.80 Å². The fourth-order valence-electron chi connectivity index (χ4n) is 4.31. The normalized spacial score (nSPS) is 15.0. The lowest BCUT2D eigenvalue weighted by atomic mass is 9.97. The lowest BCUT2D eigenvalue weighted by Gasteiger charge is -2.39. The Morgan fingerprint density at radius 1 is 1.03 bits per heavy atom. The molecule has 8 heteroatoms. The van der Waals surface area contributed by atoms with E-state index in [1.54, 1.807) is 16.2 Å². The fourth-order valence-corrected chi connectivity index (χ4v) is 5.46. The zero-order valence-electron chi connectivity index (χ0n) is 20.0. The quantitative estimate of drug-likeness (QED) is 0.417. The number of thiophene rings is 1. The molecule has 0 bridgehead atoms. The second-order valence-electron chi connectivity index (χ2n) is 8.35. The SMILES string of the molecule is CCOC(=O)N1CCN(C(c2ccc(Cl)cc2)c2cc(CC)sc2NC(=O)c2ccccc2)CC1. The lowest BCUT2D eigenvalue weighted by molar-refractivity contribution is 0.0716. The van der Waals surface area contributed by atoms with Crippen molar-refractivity contribution >= 4 is 39.9 Å². The molecule has 1 atom stereocenters. The standard InChI is InChI=1S/C27H30ClN3O3S/c1-3-22-18-23(26(35-22)29-25(32)20-8-6-5-7-9-20)24(19-10-12-21(28)13-11-19)30-14-16-31(17-15-30)27(33)34-4-2/h5-13,18,24H,3-4,14-17H2,1-2H3,(H,29,32). The minimum Gasteiger partial charge on any atom is -0.450 e. The number of nitrogens with one attached hydrogen (secondary N) is 1. The number of benzene rings is 2. The van der Waals surface area contributed by atoms with Crippen LogP contribution >= 0.6 is 22.9 Å². The molecule has 3 aromatic rings. The number of halogens is 1. The Hall–Kier alpha value is -2.87. The van der Waals surface area contributed by atoms with Crippen molar-refractivity contribution in [2.75, 3.05) is 38.1 Å². The van der Waals surface area contributed by atoms with Crippen LogP contribution in [0.2, 0.25) is 5.02 Å². The summed E-state index contributed by atoms with van der Waals surface area (Å²) < 4.78 is 5.19. The van der Waals surface area contributed by atoms with Gasteiger partial charge in [0.1, 0.15) is 5.00 Å². The monoisotopic (exact) mass is 511 g/mol. The average molecular weight is 512 g/mol. The van der Waals surface area contributed by atoms with Crippen molar-refractivity contribution in [1.82, 2.24) is 9.80 Å². The van der Waals surface area contributed by atoms with Crippen molar-refractivity contribution in [2.24, 2.45) is 0 Å². The van der Waals surface area contributed by atoms with Gasteiger partial charge in [-0.25, -0.2) is 4.79 Å². The van der Waals surface area contributed by atoms with E-state index in [1.807, 2.05) is 61.5 Å². The molecule has 184 valence electrons. The first-order chi connectivity index (χ1) is 17.0. The molecular weight excluding hydrogens is 482 g/mol. The number of anilines is 1. The van der Waals surface area contributed by atoms with E-state index in [0.717, 1.165) is 22.5 Å². The maximum absolute atomic E-state index is 13.0. The number of carbonyl (C=O) groups is 2. The molecule has 1 aliphatic heterocycles. The smallest absolute Gasteiger partial charge is 0.409 e. The van der Waals surface area contributed by atoms with E-state index in [0.29, 0.717) is 43.4 Å².